The first-order chi connectivity index (χ1) is 5.72. The Balaban J connectivity index is 2.73. The summed E-state index contributed by atoms with van der Waals surface area (Å²) in [7, 11) is 0. The number of hydrogen-bond acceptors (Lipinski definition) is 4. The number of rotatable bonds is 2. The maximum atomic E-state index is 8.39. The van der Waals surface area contributed by atoms with Crippen molar-refractivity contribution in [3.05, 3.63) is 18.2 Å². The van der Waals surface area contributed by atoms with Crippen LogP contribution in [-0.4, -0.2) is 16.1 Å². The lowest BCUT2D eigenvalue weighted by molar-refractivity contribution is 0.240. The summed E-state index contributed by atoms with van der Waals surface area (Å²) in [6.45, 7) is 3.83. The maximum Gasteiger partial charge on any atom is 0.232 e. The van der Waals surface area contributed by atoms with Crippen LogP contribution in [0.4, 0.5) is 0 Å². The first-order valence-electron chi connectivity index (χ1n) is 3.61. The lowest BCUT2D eigenvalue weighted by Gasteiger charge is -2.07. The predicted octanol–water partition coefficient (Wildman–Crippen LogP) is 1.14. The average molecular weight is 163 g/mol. The molecule has 0 amide bonds. The van der Waals surface area contributed by atoms with Gasteiger partial charge in [0.15, 0.2) is 5.75 Å². The molecule has 0 bridgehead atoms. The Bertz CT molecular complexity index is 286. The first-order valence-corrected chi connectivity index (χ1v) is 3.61. The monoisotopic (exact) mass is 163 g/mol. The zero-order chi connectivity index (χ0) is 8.97. The van der Waals surface area contributed by atoms with Crippen LogP contribution >= 0.6 is 0 Å². The third-order valence-corrected chi connectivity index (χ3v) is 1.10. The molecule has 1 aromatic heterocycles. The van der Waals surface area contributed by atoms with E-state index >= 15 is 0 Å². The fourth-order valence-electron chi connectivity index (χ4n) is 0.707. The Labute approximate surface area is 70.8 Å². The van der Waals surface area contributed by atoms with Crippen LogP contribution < -0.4 is 4.74 Å². The second-order valence-electron chi connectivity index (χ2n) is 2.52. The predicted molar refractivity (Wildman–Crippen MR) is 42.5 cm³/mol. The van der Waals surface area contributed by atoms with Crippen molar-refractivity contribution in [3.63, 3.8) is 0 Å². The van der Waals surface area contributed by atoms with Gasteiger partial charge in [0, 0.05) is 0 Å². The highest BCUT2D eigenvalue weighted by atomic mass is 16.5. The van der Waals surface area contributed by atoms with Crippen LogP contribution in [0.3, 0.4) is 0 Å². The molecule has 4 heteroatoms. The van der Waals surface area contributed by atoms with Gasteiger partial charge in [-0.25, -0.2) is 9.97 Å². The van der Waals surface area contributed by atoms with Crippen LogP contribution in [-0.2, 0) is 0 Å². The Morgan fingerprint density at radius 1 is 1.42 bits per heavy atom. The smallest absolute Gasteiger partial charge is 0.232 e. The van der Waals surface area contributed by atoms with E-state index in [1.165, 1.54) is 12.4 Å². The van der Waals surface area contributed by atoms with Gasteiger partial charge in [-0.2, -0.15) is 5.26 Å². The third kappa shape index (κ3) is 2.20. The maximum absolute atomic E-state index is 8.39. The van der Waals surface area contributed by atoms with Gasteiger partial charge in [-0.3, -0.25) is 0 Å². The summed E-state index contributed by atoms with van der Waals surface area (Å²) in [6.07, 6.45) is 3.08. The van der Waals surface area contributed by atoms with E-state index in [9.17, 15) is 0 Å². The quantitative estimate of drug-likeness (QED) is 0.655. The van der Waals surface area contributed by atoms with E-state index in [2.05, 4.69) is 9.97 Å². The molecular weight excluding hydrogens is 154 g/mol. The van der Waals surface area contributed by atoms with Crippen molar-refractivity contribution < 1.29 is 4.74 Å². The van der Waals surface area contributed by atoms with Crippen molar-refractivity contribution in [2.75, 3.05) is 0 Å². The van der Waals surface area contributed by atoms with Gasteiger partial charge in [0.1, 0.15) is 6.07 Å². The highest BCUT2D eigenvalue weighted by Gasteiger charge is 1.98. The second kappa shape index (κ2) is 3.67. The summed E-state index contributed by atoms with van der Waals surface area (Å²) in [5.74, 6) is 0.745. The fourth-order valence-corrected chi connectivity index (χ4v) is 0.707. The molecule has 62 valence electrons. The van der Waals surface area contributed by atoms with Gasteiger partial charge >= 0.3 is 0 Å². The second-order valence-corrected chi connectivity index (χ2v) is 2.52. The molecule has 4 nitrogen and oxygen atoms in total. The molecule has 12 heavy (non-hydrogen) atoms. The highest BCUT2D eigenvalue weighted by Crippen LogP contribution is 2.07. The standard InChI is InChI=1S/C8H9N3O/c1-6(2)12-7-4-10-8(3-9)11-5-7/h4-6H,1-2H3. The number of hydrogen-bond donors (Lipinski definition) is 0. The molecule has 1 rings (SSSR count). The van der Waals surface area contributed by atoms with E-state index in [0.717, 1.165) is 0 Å². The van der Waals surface area contributed by atoms with E-state index in [1.807, 2.05) is 19.9 Å². The van der Waals surface area contributed by atoms with Crippen LogP contribution in [0, 0.1) is 11.3 Å². The summed E-state index contributed by atoms with van der Waals surface area (Å²) in [4.78, 5) is 7.51. The highest BCUT2D eigenvalue weighted by molar-refractivity contribution is 5.17. The minimum Gasteiger partial charge on any atom is -0.488 e. The van der Waals surface area contributed by atoms with Crippen molar-refractivity contribution in [2.45, 2.75) is 20.0 Å². The zero-order valence-electron chi connectivity index (χ0n) is 6.98. The Hall–Kier alpha value is -1.63. The minimum atomic E-state index is 0.0986. The van der Waals surface area contributed by atoms with Crippen molar-refractivity contribution in [1.29, 1.82) is 5.26 Å². The molecule has 1 heterocycles. The molecule has 0 aliphatic rings. The van der Waals surface area contributed by atoms with Gasteiger partial charge in [-0.1, -0.05) is 0 Å². The largest absolute Gasteiger partial charge is 0.488 e. The molecule has 0 saturated carbocycles. The molecule has 0 fully saturated rings. The normalized spacial score (nSPS) is 9.50. The lowest BCUT2D eigenvalue weighted by Crippen LogP contribution is -2.06. The molecule has 0 N–H and O–H groups in total. The first kappa shape index (κ1) is 8.47. The number of nitriles is 1. The van der Waals surface area contributed by atoms with Gasteiger partial charge < -0.3 is 4.74 Å². The Kier molecular flexibility index (Phi) is 2.59. The average Bonchev–Trinajstić information content (AvgIpc) is 2.05. The molecule has 0 radical (unpaired) electrons. The third-order valence-electron chi connectivity index (χ3n) is 1.10. The number of ether oxygens (including phenoxy) is 1. The van der Waals surface area contributed by atoms with Gasteiger partial charge in [0.25, 0.3) is 0 Å². The lowest BCUT2D eigenvalue weighted by atomic mass is 10.4. The van der Waals surface area contributed by atoms with Crippen LogP contribution in [0.5, 0.6) is 5.75 Å². The van der Waals surface area contributed by atoms with Crippen molar-refractivity contribution >= 4 is 0 Å². The molecule has 0 aliphatic heterocycles. The van der Waals surface area contributed by atoms with Crippen molar-refractivity contribution in [3.8, 4) is 11.8 Å². The van der Waals surface area contributed by atoms with E-state index in [1.54, 1.807) is 0 Å². The topological polar surface area (TPSA) is 58.8 Å². The van der Waals surface area contributed by atoms with Gasteiger partial charge in [0.2, 0.25) is 5.82 Å². The van der Waals surface area contributed by atoms with Crippen molar-refractivity contribution in [1.82, 2.24) is 9.97 Å². The molecule has 0 atom stereocenters. The van der Waals surface area contributed by atoms with Gasteiger partial charge in [0.05, 0.1) is 18.5 Å². The fraction of sp³-hybridized carbons (Fsp3) is 0.375. The molecule has 0 saturated heterocycles. The van der Waals surface area contributed by atoms with Crippen LogP contribution in [0.2, 0.25) is 0 Å². The van der Waals surface area contributed by atoms with Crippen molar-refractivity contribution in [2.24, 2.45) is 0 Å². The van der Waals surface area contributed by atoms with E-state index in [4.69, 9.17) is 10.00 Å². The zero-order valence-corrected chi connectivity index (χ0v) is 6.98. The Morgan fingerprint density at radius 3 is 2.42 bits per heavy atom. The van der Waals surface area contributed by atoms with E-state index in [-0.39, 0.29) is 11.9 Å². The van der Waals surface area contributed by atoms with Crippen LogP contribution in [0.1, 0.15) is 19.7 Å². The summed E-state index contributed by atoms with van der Waals surface area (Å²) in [5, 5.41) is 8.39. The van der Waals surface area contributed by atoms with Crippen LogP contribution in [0.25, 0.3) is 0 Å². The van der Waals surface area contributed by atoms with Gasteiger partial charge in [-0.05, 0) is 13.8 Å². The van der Waals surface area contributed by atoms with E-state index in [0.29, 0.717) is 5.75 Å². The summed E-state index contributed by atoms with van der Waals surface area (Å²) in [6, 6.07) is 1.83. The molecule has 0 aromatic carbocycles. The summed E-state index contributed by atoms with van der Waals surface area (Å²) < 4.78 is 5.28. The SMILES string of the molecule is CC(C)Oc1cnc(C#N)nc1. The van der Waals surface area contributed by atoms with E-state index < -0.39 is 0 Å². The molecular formula is C8H9N3O. The molecule has 0 spiro atoms. The van der Waals surface area contributed by atoms with Gasteiger partial charge in [-0.15, -0.1) is 0 Å². The number of nitrogens with zero attached hydrogens (tertiary/aromatic N) is 3. The molecule has 0 aliphatic carbocycles. The van der Waals surface area contributed by atoms with Crippen LogP contribution in [0.15, 0.2) is 12.4 Å². The summed E-state index contributed by atoms with van der Waals surface area (Å²) in [5.41, 5.74) is 0. The Morgan fingerprint density at radius 2 is 2.00 bits per heavy atom. The number of aromatic nitrogens is 2. The molecule has 1 aromatic rings. The molecule has 0 unspecified atom stereocenters. The summed E-state index contributed by atoms with van der Waals surface area (Å²) >= 11 is 0. The minimum absolute atomic E-state index is 0.0986.